The van der Waals surface area contributed by atoms with E-state index >= 15 is 0 Å². The molecule has 6 heteroatoms. The second-order valence-electron chi connectivity index (χ2n) is 6.99. The summed E-state index contributed by atoms with van der Waals surface area (Å²) in [5, 5.41) is 3.18. The Morgan fingerprint density at radius 3 is 2.52 bits per heavy atom. The summed E-state index contributed by atoms with van der Waals surface area (Å²) in [4.78, 5) is 14.5. The van der Waals surface area contributed by atoms with Gasteiger partial charge in [0.15, 0.2) is 0 Å². The maximum absolute atomic E-state index is 12.5. The van der Waals surface area contributed by atoms with Gasteiger partial charge in [0.2, 0.25) is 5.91 Å². The molecule has 3 atom stereocenters. The third-order valence-corrected chi connectivity index (χ3v) is 5.06. The van der Waals surface area contributed by atoms with Gasteiger partial charge in [-0.1, -0.05) is 31.9 Å². The van der Waals surface area contributed by atoms with Gasteiger partial charge in [-0.2, -0.15) is 8.78 Å². The van der Waals surface area contributed by atoms with Crippen molar-refractivity contribution in [3.63, 3.8) is 0 Å². The molecule has 1 saturated carbocycles. The van der Waals surface area contributed by atoms with Gasteiger partial charge in [0.05, 0.1) is 6.04 Å². The van der Waals surface area contributed by atoms with Crippen LogP contribution in [-0.2, 0) is 11.3 Å². The number of benzene rings is 1. The Morgan fingerprint density at radius 2 is 1.92 bits per heavy atom. The van der Waals surface area contributed by atoms with E-state index in [1.165, 1.54) is 31.4 Å². The van der Waals surface area contributed by atoms with Gasteiger partial charge in [-0.3, -0.25) is 9.69 Å². The zero-order chi connectivity index (χ0) is 18.4. The molecule has 1 aliphatic rings. The third-order valence-electron chi connectivity index (χ3n) is 5.06. The molecule has 140 valence electrons. The van der Waals surface area contributed by atoms with Gasteiger partial charge in [0, 0.05) is 12.6 Å². The van der Waals surface area contributed by atoms with E-state index in [-0.39, 0.29) is 23.7 Å². The third kappa shape index (κ3) is 5.96. The first kappa shape index (κ1) is 19.6. The highest BCUT2D eigenvalue weighted by Crippen LogP contribution is 2.24. The molecule has 1 fully saturated rings. The lowest BCUT2D eigenvalue weighted by molar-refractivity contribution is -0.126. The first-order valence-corrected chi connectivity index (χ1v) is 8.91. The number of ether oxygens (including phenoxy) is 1. The molecular weight excluding hydrogens is 326 g/mol. The Hall–Kier alpha value is -1.69. The number of amides is 1. The van der Waals surface area contributed by atoms with Gasteiger partial charge in [-0.25, -0.2) is 0 Å². The number of rotatable bonds is 7. The zero-order valence-electron chi connectivity index (χ0n) is 15.2. The van der Waals surface area contributed by atoms with Crippen molar-refractivity contribution in [2.75, 3.05) is 7.05 Å². The minimum atomic E-state index is -2.82. The van der Waals surface area contributed by atoms with Crippen LogP contribution in [0.25, 0.3) is 0 Å². The molecule has 0 aromatic heterocycles. The minimum Gasteiger partial charge on any atom is -0.435 e. The maximum Gasteiger partial charge on any atom is 0.387 e. The van der Waals surface area contributed by atoms with E-state index in [1.807, 2.05) is 18.9 Å². The van der Waals surface area contributed by atoms with Gasteiger partial charge in [-0.05, 0) is 50.4 Å². The van der Waals surface area contributed by atoms with Crippen LogP contribution in [0, 0.1) is 5.92 Å². The number of halogens is 2. The summed E-state index contributed by atoms with van der Waals surface area (Å²) >= 11 is 0. The number of alkyl halides is 2. The Kier molecular flexibility index (Phi) is 7.17. The molecule has 4 nitrogen and oxygen atoms in total. The first-order chi connectivity index (χ1) is 11.9. The van der Waals surface area contributed by atoms with Crippen molar-refractivity contribution in [3.05, 3.63) is 29.8 Å². The summed E-state index contributed by atoms with van der Waals surface area (Å²) in [6.07, 6.45) is 4.64. The summed E-state index contributed by atoms with van der Waals surface area (Å²) in [6, 6.07) is 6.52. The SMILES string of the molecule is CC1CCCCC1NC(=O)C(C)N(C)Cc1ccc(OC(F)F)cc1. The number of carbonyl (C=O) groups excluding carboxylic acids is 1. The number of hydrogen-bond acceptors (Lipinski definition) is 3. The van der Waals surface area contributed by atoms with Crippen LogP contribution in [0.2, 0.25) is 0 Å². The quantitative estimate of drug-likeness (QED) is 0.810. The Labute approximate surface area is 148 Å². The average molecular weight is 354 g/mol. The number of nitrogens with one attached hydrogen (secondary N) is 1. The lowest BCUT2D eigenvalue weighted by atomic mass is 9.86. The van der Waals surface area contributed by atoms with Crippen molar-refractivity contribution in [3.8, 4) is 5.75 Å². The Morgan fingerprint density at radius 1 is 1.28 bits per heavy atom. The normalized spacial score (nSPS) is 22.0. The monoisotopic (exact) mass is 354 g/mol. The second-order valence-corrected chi connectivity index (χ2v) is 6.99. The molecule has 0 saturated heterocycles. The van der Waals surface area contributed by atoms with Gasteiger partial charge >= 0.3 is 6.61 Å². The van der Waals surface area contributed by atoms with Crippen molar-refractivity contribution in [2.24, 2.45) is 5.92 Å². The summed E-state index contributed by atoms with van der Waals surface area (Å²) in [7, 11) is 1.89. The molecule has 1 aromatic carbocycles. The number of carbonyl (C=O) groups is 1. The largest absolute Gasteiger partial charge is 0.435 e. The standard InChI is InChI=1S/C19H28F2N2O2/c1-13-6-4-5-7-17(13)22-18(24)14(2)23(3)12-15-8-10-16(11-9-15)25-19(20)21/h8-11,13-14,17,19H,4-7,12H2,1-3H3,(H,22,24). The van der Waals surface area contributed by atoms with Gasteiger partial charge in [0.25, 0.3) is 0 Å². The predicted octanol–water partition coefficient (Wildman–Crippen LogP) is 3.80. The van der Waals surface area contributed by atoms with E-state index < -0.39 is 6.61 Å². The summed E-state index contributed by atoms with van der Waals surface area (Å²) in [6.45, 7) is 1.82. The molecule has 0 bridgehead atoms. The predicted molar refractivity (Wildman–Crippen MR) is 93.6 cm³/mol. The van der Waals surface area contributed by atoms with Crippen LogP contribution in [0.1, 0.15) is 45.1 Å². The van der Waals surface area contributed by atoms with Crippen LogP contribution < -0.4 is 10.1 Å². The molecule has 1 amide bonds. The Bertz CT molecular complexity index is 551. The van der Waals surface area contributed by atoms with E-state index in [2.05, 4.69) is 17.0 Å². The van der Waals surface area contributed by atoms with Crippen molar-refractivity contribution in [1.82, 2.24) is 10.2 Å². The van der Waals surface area contributed by atoms with Gasteiger partial charge in [-0.15, -0.1) is 0 Å². The molecule has 0 radical (unpaired) electrons. The fraction of sp³-hybridized carbons (Fsp3) is 0.632. The van der Waals surface area contributed by atoms with Crippen molar-refractivity contribution < 1.29 is 18.3 Å². The molecule has 25 heavy (non-hydrogen) atoms. The highest BCUT2D eigenvalue weighted by atomic mass is 19.3. The van der Waals surface area contributed by atoms with Crippen molar-refractivity contribution in [1.29, 1.82) is 0 Å². The van der Waals surface area contributed by atoms with E-state index in [1.54, 1.807) is 12.1 Å². The van der Waals surface area contributed by atoms with E-state index in [0.29, 0.717) is 12.5 Å². The summed E-state index contributed by atoms with van der Waals surface area (Å²) < 4.78 is 28.7. The minimum absolute atomic E-state index is 0.0407. The van der Waals surface area contributed by atoms with Crippen molar-refractivity contribution >= 4 is 5.91 Å². The molecule has 1 aromatic rings. The molecule has 1 aliphatic carbocycles. The van der Waals surface area contributed by atoms with Crippen LogP contribution in [0.15, 0.2) is 24.3 Å². The second kappa shape index (κ2) is 9.13. The van der Waals surface area contributed by atoms with Crippen LogP contribution >= 0.6 is 0 Å². The lowest BCUT2D eigenvalue weighted by Crippen LogP contribution is -2.49. The van der Waals surface area contributed by atoms with Crippen molar-refractivity contribution in [2.45, 2.75) is 64.8 Å². The van der Waals surface area contributed by atoms with Crippen LogP contribution in [0.3, 0.4) is 0 Å². The highest BCUT2D eigenvalue weighted by molar-refractivity contribution is 5.81. The van der Waals surface area contributed by atoms with E-state index in [0.717, 1.165) is 12.0 Å². The van der Waals surface area contributed by atoms with E-state index in [9.17, 15) is 13.6 Å². The first-order valence-electron chi connectivity index (χ1n) is 8.91. The molecule has 1 N–H and O–H groups in total. The van der Waals surface area contributed by atoms with E-state index in [4.69, 9.17) is 0 Å². The van der Waals surface area contributed by atoms with Crippen LogP contribution in [0.4, 0.5) is 8.78 Å². The van der Waals surface area contributed by atoms with Crippen LogP contribution in [0.5, 0.6) is 5.75 Å². The number of nitrogens with zero attached hydrogens (tertiary/aromatic N) is 1. The lowest BCUT2D eigenvalue weighted by Gasteiger charge is -2.32. The van der Waals surface area contributed by atoms with Gasteiger partial charge in [0.1, 0.15) is 5.75 Å². The Balaban J connectivity index is 1.86. The summed E-state index contributed by atoms with van der Waals surface area (Å²) in [5.41, 5.74) is 0.940. The number of hydrogen-bond donors (Lipinski definition) is 1. The average Bonchev–Trinajstić information content (AvgIpc) is 2.57. The fourth-order valence-corrected chi connectivity index (χ4v) is 3.24. The molecule has 3 unspecified atom stereocenters. The molecule has 0 aliphatic heterocycles. The molecule has 0 spiro atoms. The topological polar surface area (TPSA) is 41.6 Å². The highest BCUT2D eigenvalue weighted by Gasteiger charge is 2.26. The smallest absolute Gasteiger partial charge is 0.387 e. The fourth-order valence-electron chi connectivity index (χ4n) is 3.24. The van der Waals surface area contributed by atoms with Crippen LogP contribution in [-0.4, -0.2) is 36.5 Å². The zero-order valence-corrected chi connectivity index (χ0v) is 15.2. The summed E-state index contributed by atoms with van der Waals surface area (Å²) in [5.74, 6) is 0.704. The molecule has 0 heterocycles. The molecular formula is C19H28F2N2O2. The number of likely N-dealkylation sites (N-methyl/N-ethyl adjacent to an activating group) is 1. The molecule has 2 rings (SSSR count). The van der Waals surface area contributed by atoms with Gasteiger partial charge < -0.3 is 10.1 Å². The maximum atomic E-state index is 12.5.